The second-order valence-corrected chi connectivity index (χ2v) is 3.60. The van der Waals surface area contributed by atoms with Gasteiger partial charge in [0.15, 0.2) is 11.5 Å². The lowest BCUT2D eigenvalue weighted by molar-refractivity contribution is 0.771. The van der Waals surface area contributed by atoms with Gasteiger partial charge in [0.1, 0.15) is 11.3 Å². The van der Waals surface area contributed by atoms with Gasteiger partial charge in [0.05, 0.1) is 0 Å². The van der Waals surface area contributed by atoms with Crippen molar-refractivity contribution < 1.29 is 0 Å². The van der Waals surface area contributed by atoms with Crippen LogP contribution in [0.25, 0.3) is 11.2 Å². The number of pyridine rings is 1. The van der Waals surface area contributed by atoms with Gasteiger partial charge in [-0.1, -0.05) is 0 Å². The molecule has 0 saturated carbocycles. The smallest absolute Gasteiger partial charge is 0.180 e. The molecule has 84 valence electrons. The normalized spacial score (nSPS) is 10.6. The zero-order valence-electron chi connectivity index (χ0n) is 9.20. The fraction of sp³-hybridized carbons (Fsp3) is 0.0909. The molecule has 6 heteroatoms. The Bertz CT molecular complexity index is 660. The molecule has 0 aliphatic heterocycles. The van der Waals surface area contributed by atoms with Crippen LogP contribution < -0.4 is 5.32 Å². The van der Waals surface area contributed by atoms with Crippen molar-refractivity contribution in [2.45, 2.75) is 0 Å². The van der Waals surface area contributed by atoms with E-state index in [2.05, 4.69) is 25.4 Å². The number of nitrogens with zero attached hydrogens (tertiary/aromatic N) is 5. The predicted octanol–water partition coefficient (Wildman–Crippen LogP) is 1.50. The largest absolute Gasteiger partial charge is 0.323 e. The van der Waals surface area contributed by atoms with Crippen molar-refractivity contribution in [1.82, 2.24) is 24.7 Å². The predicted molar refractivity (Wildman–Crippen MR) is 63.8 cm³/mol. The lowest BCUT2D eigenvalue weighted by Crippen LogP contribution is -1.97. The molecule has 0 spiro atoms. The van der Waals surface area contributed by atoms with E-state index in [-0.39, 0.29) is 0 Å². The number of hydrogen-bond acceptors (Lipinski definition) is 5. The van der Waals surface area contributed by atoms with Crippen LogP contribution in [0.15, 0.2) is 36.8 Å². The molecule has 0 aliphatic carbocycles. The molecule has 3 aromatic heterocycles. The number of hydrogen-bond donors (Lipinski definition) is 1. The summed E-state index contributed by atoms with van der Waals surface area (Å²) in [7, 11) is 1.87. The van der Waals surface area contributed by atoms with E-state index in [9.17, 15) is 0 Å². The first-order valence-electron chi connectivity index (χ1n) is 5.16. The molecule has 0 aromatic carbocycles. The highest BCUT2D eigenvalue weighted by Crippen LogP contribution is 2.14. The van der Waals surface area contributed by atoms with E-state index in [0.29, 0.717) is 11.5 Å². The number of fused-ring (bicyclic) bond motifs is 1. The van der Waals surface area contributed by atoms with E-state index in [1.807, 2.05) is 31.4 Å². The zero-order valence-corrected chi connectivity index (χ0v) is 9.20. The Morgan fingerprint density at radius 3 is 2.76 bits per heavy atom. The van der Waals surface area contributed by atoms with Gasteiger partial charge in [-0.15, -0.1) is 0 Å². The van der Waals surface area contributed by atoms with Crippen LogP contribution >= 0.6 is 0 Å². The molecule has 0 unspecified atom stereocenters. The Hall–Kier alpha value is -2.50. The van der Waals surface area contributed by atoms with Gasteiger partial charge in [-0.2, -0.15) is 5.10 Å². The average molecular weight is 226 g/mol. The fourth-order valence-electron chi connectivity index (χ4n) is 1.54. The Morgan fingerprint density at radius 2 is 1.94 bits per heavy atom. The molecule has 0 bridgehead atoms. The molecule has 1 N–H and O–H groups in total. The lowest BCUT2D eigenvalue weighted by atomic mass is 10.4. The zero-order chi connectivity index (χ0) is 11.7. The van der Waals surface area contributed by atoms with Crippen LogP contribution in [0.5, 0.6) is 0 Å². The molecule has 0 amide bonds. The van der Waals surface area contributed by atoms with Gasteiger partial charge in [-0.05, 0) is 12.1 Å². The highest BCUT2D eigenvalue weighted by atomic mass is 15.3. The Kier molecular flexibility index (Phi) is 2.18. The third kappa shape index (κ3) is 1.92. The van der Waals surface area contributed by atoms with Gasteiger partial charge in [0, 0.05) is 31.7 Å². The third-order valence-electron chi connectivity index (χ3n) is 2.30. The van der Waals surface area contributed by atoms with E-state index in [4.69, 9.17) is 0 Å². The maximum absolute atomic E-state index is 4.35. The molecule has 0 atom stereocenters. The van der Waals surface area contributed by atoms with Crippen LogP contribution in [-0.4, -0.2) is 24.7 Å². The van der Waals surface area contributed by atoms with Gasteiger partial charge in [0.2, 0.25) is 0 Å². The second kappa shape index (κ2) is 3.82. The Labute approximate surface area is 97.4 Å². The minimum absolute atomic E-state index is 0.619. The summed E-state index contributed by atoms with van der Waals surface area (Å²) in [5.74, 6) is 1.46. The second-order valence-electron chi connectivity index (χ2n) is 3.60. The molecular formula is C11H10N6. The van der Waals surface area contributed by atoms with Gasteiger partial charge in [-0.3, -0.25) is 9.67 Å². The molecule has 0 aliphatic rings. The Morgan fingerprint density at radius 1 is 1.06 bits per heavy atom. The van der Waals surface area contributed by atoms with E-state index < -0.39 is 0 Å². The summed E-state index contributed by atoms with van der Waals surface area (Å²) in [6, 6.07) is 5.61. The molecule has 17 heavy (non-hydrogen) atoms. The van der Waals surface area contributed by atoms with Crippen molar-refractivity contribution in [2.24, 2.45) is 7.05 Å². The number of nitrogens with one attached hydrogen (secondary N) is 1. The maximum atomic E-state index is 4.35. The van der Waals surface area contributed by atoms with Crippen molar-refractivity contribution in [3.05, 3.63) is 36.8 Å². The van der Waals surface area contributed by atoms with Gasteiger partial charge in [0.25, 0.3) is 0 Å². The highest BCUT2D eigenvalue weighted by Gasteiger charge is 2.01. The van der Waals surface area contributed by atoms with Crippen LogP contribution in [-0.2, 0) is 7.05 Å². The van der Waals surface area contributed by atoms with Crippen molar-refractivity contribution in [1.29, 1.82) is 0 Å². The first-order chi connectivity index (χ1) is 8.31. The maximum Gasteiger partial charge on any atom is 0.180 e. The molecular weight excluding hydrogens is 216 g/mol. The van der Waals surface area contributed by atoms with Crippen molar-refractivity contribution in [2.75, 3.05) is 5.32 Å². The number of aromatic nitrogens is 5. The van der Waals surface area contributed by atoms with Gasteiger partial charge in [-0.25, -0.2) is 9.97 Å². The molecule has 3 heterocycles. The van der Waals surface area contributed by atoms with Crippen LogP contribution in [0.4, 0.5) is 11.6 Å². The minimum Gasteiger partial charge on any atom is -0.323 e. The molecule has 3 rings (SSSR count). The summed E-state index contributed by atoms with van der Waals surface area (Å²) >= 11 is 0. The average Bonchev–Trinajstić information content (AvgIpc) is 2.75. The first-order valence-corrected chi connectivity index (χ1v) is 5.16. The summed E-state index contributed by atoms with van der Waals surface area (Å²) in [6.07, 6.45) is 5.14. The highest BCUT2D eigenvalue weighted by molar-refractivity contribution is 5.72. The summed E-state index contributed by atoms with van der Waals surface area (Å²) in [4.78, 5) is 12.7. The summed E-state index contributed by atoms with van der Waals surface area (Å²) < 4.78 is 1.73. The molecule has 0 fully saturated rings. The van der Waals surface area contributed by atoms with E-state index in [1.165, 1.54) is 0 Å². The lowest BCUT2D eigenvalue weighted by Gasteiger charge is -2.02. The number of aryl methyl sites for hydroxylation is 1. The molecule has 3 aromatic rings. The molecule has 0 radical (unpaired) electrons. The standard InChI is InChI=1S/C11H10N6/c1-17-7-4-10(16-17)14-9-3-2-8-11(15-9)13-6-5-12-8/h2-7H,1H3,(H,13,14,15,16). The number of rotatable bonds is 2. The van der Waals surface area contributed by atoms with Crippen molar-refractivity contribution in [3.8, 4) is 0 Å². The van der Waals surface area contributed by atoms with Gasteiger partial charge < -0.3 is 5.32 Å². The molecule has 6 nitrogen and oxygen atoms in total. The van der Waals surface area contributed by atoms with Crippen LogP contribution in [0, 0.1) is 0 Å². The van der Waals surface area contributed by atoms with Gasteiger partial charge >= 0.3 is 0 Å². The van der Waals surface area contributed by atoms with E-state index in [0.717, 1.165) is 11.3 Å². The topological polar surface area (TPSA) is 68.5 Å². The van der Waals surface area contributed by atoms with E-state index >= 15 is 0 Å². The quantitative estimate of drug-likeness (QED) is 0.717. The summed E-state index contributed by atoms with van der Waals surface area (Å²) in [5.41, 5.74) is 1.40. The SMILES string of the molecule is Cn1ccc(Nc2ccc3nccnc3n2)n1. The monoisotopic (exact) mass is 226 g/mol. The van der Waals surface area contributed by atoms with Crippen molar-refractivity contribution in [3.63, 3.8) is 0 Å². The fourth-order valence-corrected chi connectivity index (χ4v) is 1.54. The van der Waals surface area contributed by atoms with Crippen LogP contribution in [0.2, 0.25) is 0 Å². The van der Waals surface area contributed by atoms with Crippen molar-refractivity contribution >= 4 is 22.8 Å². The summed E-state index contributed by atoms with van der Waals surface area (Å²) in [5, 5.41) is 7.32. The third-order valence-corrected chi connectivity index (χ3v) is 2.30. The summed E-state index contributed by atoms with van der Waals surface area (Å²) in [6.45, 7) is 0. The number of anilines is 2. The van der Waals surface area contributed by atoms with Crippen LogP contribution in [0.3, 0.4) is 0 Å². The minimum atomic E-state index is 0.619. The van der Waals surface area contributed by atoms with E-state index in [1.54, 1.807) is 17.1 Å². The Balaban J connectivity index is 1.95. The molecule has 0 saturated heterocycles. The first kappa shape index (κ1) is 9.71. The van der Waals surface area contributed by atoms with Crippen LogP contribution in [0.1, 0.15) is 0 Å².